The van der Waals surface area contributed by atoms with Crippen LogP contribution < -0.4 is 0 Å². The van der Waals surface area contributed by atoms with E-state index in [0.29, 0.717) is 28.7 Å². The van der Waals surface area contributed by atoms with Gasteiger partial charge < -0.3 is 9.64 Å². The smallest absolute Gasteiger partial charge is 0.253 e. The molecule has 0 spiro atoms. The molecule has 2 aromatic heterocycles. The molecule has 0 N–H and O–H groups in total. The van der Waals surface area contributed by atoms with Crippen molar-refractivity contribution in [1.82, 2.24) is 14.2 Å². The Morgan fingerprint density at radius 3 is 2.91 bits per heavy atom. The van der Waals surface area contributed by atoms with Gasteiger partial charge in [0.15, 0.2) is 0 Å². The van der Waals surface area contributed by atoms with Gasteiger partial charge >= 0.3 is 0 Å². The average molecular weight is 522 g/mol. The van der Waals surface area contributed by atoms with Crippen molar-refractivity contribution in [1.29, 1.82) is 0 Å². The molecule has 1 aromatic carbocycles. The monoisotopic (exact) mass is 521 g/mol. The van der Waals surface area contributed by atoms with E-state index in [1.165, 1.54) is 11.3 Å². The highest BCUT2D eigenvalue weighted by Crippen LogP contribution is 2.38. The molecule has 1 aliphatic rings. The Morgan fingerprint density at radius 1 is 1.32 bits per heavy atom. The molecule has 1 unspecified atom stereocenters. The van der Waals surface area contributed by atoms with Gasteiger partial charge in [0.2, 0.25) is 5.91 Å². The summed E-state index contributed by atoms with van der Waals surface area (Å²) in [7, 11) is -1.98. The molecule has 34 heavy (non-hydrogen) atoms. The standard InChI is InChI=1S/C24H28ClN3O4S2/c1-17-21-12-19(25)8-9-22(21)33-24(17)34(30,31)28-11-4-3-7-20(28)15-32-16-23(29)27(2)14-18-6-5-10-26-13-18/h5-6,8-10,12-13,20H,3-4,7,11,14-16H2,1-2H3. The van der Waals surface area contributed by atoms with E-state index >= 15 is 0 Å². The number of halogens is 1. The number of piperidine rings is 1. The number of fused-ring (bicyclic) bond motifs is 1. The van der Waals surface area contributed by atoms with Gasteiger partial charge in [-0.2, -0.15) is 4.31 Å². The predicted molar refractivity (Wildman–Crippen MR) is 135 cm³/mol. The van der Waals surface area contributed by atoms with Crippen LogP contribution in [0.5, 0.6) is 0 Å². The van der Waals surface area contributed by atoms with Crippen molar-refractivity contribution in [2.75, 3.05) is 26.8 Å². The zero-order valence-electron chi connectivity index (χ0n) is 19.2. The van der Waals surface area contributed by atoms with E-state index < -0.39 is 10.0 Å². The minimum absolute atomic E-state index is 0.0957. The molecule has 1 saturated heterocycles. The molecule has 3 aromatic rings. The van der Waals surface area contributed by atoms with Gasteiger partial charge in [0.1, 0.15) is 10.8 Å². The normalized spacial score (nSPS) is 17.2. The van der Waals surface area contributed by atoms with Gasteiger partial charge in [0.25, 0.3) is 10.0 Å². The molecule has 1 amide bonds. The Bertz CT molecular complexity index is 1260. The van der Waals surface area contributed by atoms with E-state index in [0.717, 1.165) is 34.1 Å². The lowest BCUT2D eigenvalue weighted by Gasteiger charge is -2.34. The number of carbonyl (C=O) groups is 1. The van der Waals surface area contributed by atoms with Crippen LogP contribution in [-0.4, -0.2) is 61.4 Å². The van der Waals surface area contributed by atoms with Crippen LogP contribution in [0.1, 0.15) is 30.4 Å². The summed E-state index contributed by atoms with van der Waals surface area (Å²) in [4.78, 5) is 18.1. The molecule has 10 heteroatoms. The fourth-order valence-corrected chi connectivity index (χ4v) is 7.94. The van der Waals surface area contributed by atoms with Crippen LogP contribution >= 0.6 is 22.9 Å². The number of benzene rings is 1. The number of sulfonamides is 1. The summed E-state index contributed by atoms with van der Waals surface area (Å²) in [5, 5.41) is 1.45. The van der Waals surface area contributed by atoms with Gasteiger partial charge in [0.05, 0.1) is 6.61 Å². The molecule has 0 bridgehead atoms. The molecule has 1 fully saturated rings. The minimum atomic E-state index is -3.70. The lowest BCUT2D eigenvalue weighted by Crippen LogP contribution is -2.46. The van der Waals surface area contributed by atoms with Gasteiger partial charge in [-0.15, -0.1) is 11.3 Å². The van der Waals surface area contributed by atoms with Crippen LogP contribution in [0.15, 0.2) is 46.9 Å². The number of likely N-dealkylation sites (N-methyl/N-ethyl adjacent to an activating group) is 1. The summed E-state index contributed by atoms with van der Waals surface area (Å²) in [6.07, 6.45) is 5.84. The second kappa shape index (κ2) is 10.7. The first kappa shape index (κ1) is 25.1. The van der Waals surface area contributed by atoms with Crippen molar-refractivity contribution in [3.8, 4) is 0 Å². The SMILES string of the molecule is Cc1c(S(=O)(=O)N2CCCCC2COCC(=O)N(C)Cc2cccnc2)sc2ccc(Cl)cc12. The van der Waals surface area contributed by atoms with E-state index in [4.69, 9.17) is 16.3 Å². The lowest BCUT2D eigenvalue weighted by molar-refractivity contribution is -0.135. The molecule has 1 atom stereocenters. The Hall–Kier alpha value is -2.04. The number of aromatic nitrogens is 1. The number of hydrogen-bond donors (Lipinski definition) is 0. The fraction of sp³-hybridized carbons (Fsp3) is 0.417. The van der Waals surface area contributed by atoms with Crippen LogP contribution in [0.3, 0.4) is 0 Å². The number of thiophene rings is 1. The first-order valence-electron chi connectivity index (χ1n) is 11.2. The highest BCUT2D eigenvalue weighted by Gasteiger charge is 2.36. The number of hydrogen-bond acceptors (Lipinski definition) is 6. The molecule has 4 rings (SSSR count). The fourth-order valence-electron chi connectivity index (χ4n) is 4.23. The highest BCUT2D eigenvalue weighted by molar-refractivity contribution is 7.91. The van der Waals surface area contributed by atoms with Crippen LogP contribution in [0.4, 0.5) is 0 Å². The molecule has 1 aliphatic heterocycles. The van der Waals surface area contributed by atoms with Crippen LogP contribution in [-0.2, 0) is 26.1 Å². The number of amides is 1. The van der Waals surface area contributed by atoms with E-state index in [1.807, 2.05) is 31.2 Å². The maximum absolute atomic E-state index is 13.6. The van der Waals surface area contributed by atoms with E-state index in [9.17, 15) is 13.2 Å². The maximum atomic E-state index is 13.6. The Kier molecular flexibility index (Phi) is 7.89. The Labute approximate surface area is 209 Å². The van der Waals surface area contributed by atoms with Gasteiger partial charge in [-0.05, 0) is 60.5 Å². The molecule has 0 radical (unpaired) electrons. The van der Waals surface area contributed by atoms with E-state index in [2.05, 4.69) is 4.98 Å². The number of ether oxygens (including phenoxy) is 1. The summed E-state index contributed by atoms with van der Waals surface area (Å²) in [5.41, 5.74) is 1.66. The summed E-state index contributed by atoms with van der Waals surface area (Å²) >= 11 is 7.40. The van der Waals surface area contributed by atoms with Crippen LogP contribution in [0.2, 0.25) is 5.02 Å². The zero-order valence-corrected chi connectivity index (χ0v) is 21.6. The third-order valence-electron chi connectivity index (χ3n) is 6.07. The summed E-state index contributed by atoms with van der Waals surface area (Å²) < 4.78 is 35.8. The third kappa shape index (κ3) is 5.44. The van der Waals surface area contributed by atoms with Gasteiger partial charge in [-0.3, -0.25) is 9.78 Å². The number of rotatable bonds is 8. The molecule has 7 nitrogen and oxygen atoms in total. The third-order valence-corrected chi connectivity index (χ3v) is 10.1. The summed E-state index contributed by atoms with van der Waals surface area (Å²) in [5.74, 6) is -0.161. The molecule has 3 heterocycles. The highest BCUT2D eigenvalue weighted by atomic mass is 35.5. The summed E-state index contributed by atoms with van der Waals surface area (Å²) in [6, 6.07) is 8.88. The molecule has 0 aliphatic carbocycles. The topological polar surface area (TPSA) is 79.8 Å². The van der Waals surface area contributed by atoms with E-state index in [-0.39, 0.29) is 25.2 Å². The van der Waals surface area contributed by atoms with Crippen molar-refractivity contribution in [3.05, 3.63) is 58.9 Å². The average Bonchev–Trinajstić information content (AvgIpc) is 3.16. The van der Waals surface area contributed by atoms with Crippen LogP contribution in [0, 0.1) is 6.92 Å². The zero-order chi connectivity index (χ0) is 24.3. The van der Waals surface area contributed by atoms with Crippen molar-refractivity contribution in [2.45, 2.75) is 43.0 Å². The number of nitrogens with zero attached hydrogens (tertiary/aromatic N) is 3. The molecular weight excluding hydrogens is 494 g/mol. The molecule has 182 valence electrons. The van der Waals surface area contributed by atoms with Gasteiger partial charge in [0, 0.05) is 48.3 Å². The van der Waals surface area contributed by atoms with Gasteiger partial charge in [-0.1, -0.05) is 24.1 Å². The maximum Gasteiger partial charge on any atom is 0.253 e. The predicted octanol–water partition coefficient (Wildman–Crippen LogP) is 4.48. The number of carbonyl (C=O) groups excluding carboxylic acids is 1. The molecule has 0 saturated carbocycles. The van der Waals surface area contributed by atoms with Crippen LogP contribution in [0.25, 0.3) is 10.1 Å². The molecular formula is C24H28ClN3O4S2. The van der Waals surface area contributed by atoms with Gasteiger partial charge in [-0.25, -0.2) is 8.42 Å². The van der Waals surface area contributed by atoms with Crippen molar-refractivity contribution >= 4 is 49.0 Å². The van der Waals surface area contributed by atoms with E-state index in [1.54, 1.807) is 34.7 Å². The lowest BCUT2D eigenvalue weighted by atomic mass is 10.1. The minimum Gasteiger partial charge on any atom is -0.370 e. The quantitative estimate of drug-likeness (QED) is 0.436. The summed E-state index contributed by atoms with van der Waals surface area (Å²) in [6.45, 7) is 2.80. The second-order valence-corrected chi connectivity index (χ2v) is 12.1. The number of pyridine rings is 1. The first-order valence-corrected chi connectivity index (χ1v) is 13.8. The first-order chi connectivity index (χ1) is 16.3. The Morgan fingerprint density at radius 2 is 2.15 bits per heavy atom. The van der Waals surface area contributed by atoms with Crippen molar-refractivity contribution in [3.63, 3.8) is 0 Å². The largest absolute Gasteiger partial charge is 0.370 e. The second-order valence-electron chi connectivity index (χ2n) is 8.55. The number of aryl methyl sites for hydroxylation is 1. The van der Waals surface area contributed by atoms with Crippen molar-refractivity contribution < 1.29 is 17.9 Å². The van der Waals surface area contributed by atoms with Crippen molar-refractivity contribution in [2.24, 2.45) is 0 Å². The Balaban J connectivity index is 1.42.